The van der Waals surface area contributed by atoms with Gasteiger partial charge in [-0.1, -0.05) is 42.5 Å². The first-order valence-corrected chi connectivity index (χ1v) is 9.84. The van der Waals surface area contributed by atoms with Gasteiger partial charge in [-0.2, -0.15) is 0 Å². The monoisotopic (exact) mass is 376 g/mol. The molecule has 0 radical (unpaired) electrons. The molecule has 1 saturated carbocycles. The van der Waals surface area contributed by atoms with Gasteiger partial charge in [0.25, 0.3) is 0 Å². The molecule has 0 N–H and O–H groups in total. The SMILES string of the molecule is COc1ccc(CN2C(=O)C34CCC3(CN(Cc3ccccc3)C4)C2=O)cc1. The van der Waals surface area contributed by atoms with E-state index in [1.165, 1.54) is 10.5 Å². The van der Waals surface area contributed by atoms with E-state index in [1.807, 2.05) is 42.5 Å². The molecule has 5 rings (SSSR count). The van der Waals surface area contributed by atoms with E-state index in [1.54, 1.807) is 7.11 Å². The van der Waals surface area contributed by atoms with Gasteiger partial charge in [-0.15, -0.1) is 0 Å². The number of carbonyl (C=O) groups is 2. The molecule has 2 heterocycles. The summed E-state index contributed by atoms with van der Waals surface area (Å²) >= 11 is 0. The van der Waals surface area contributed by atoms with Gasteiger partial charge >= 0.3 is 0 Å². The van der Waals surface area contributed by atoms with E-state index in [2.05, 4.69) is 17.0 Å². The summed E-state index contributed by atoms with van der Waals surface area (Å²) in [6, 6.07) is 17.9. The Morgan fingerprint density at radius 1 is 0.821 bits per heavy atom. The van der Waals surface area contributed by atoms with E-state index in [0.717, 1.165) is 30.7 Å². The lowest BCUT2D eigenvalue weighted by Crippen LogP contribution is -2.52. The van der Waals surface area contributed by atoms with Crippen LogP contribution in [0.4, 0.5) is 0 Å². The van der Waals surface area contributed by atoms with Crippen LogP contribution in [0.5, 0.6) is 5.75 Å². The molecule has 3 fully saturated rings. The highest BCUT2D eigenvalue weighted by molar-refractivity contribution is 6.12. The second kappa shape index (κ2) is 6.17. The van der Waals surface area contributed by atoms with Crippen LogP contribution in [0.15, 0.2) is 54.6 Å². The largest absolute Gasteiger partial charge is 0.497 e. The average molecular weight is 376 g/mol. The molecule has 1 aliphatic carbocycles. The number of carbonyl (C=O) groups excluding carboxylic acids is 2. The highest BCUT2D eigenvalue weighted by Gasteiger charge is 2.77. The summed E-state index contributed by atoms with van der Waals surface area (Å²) in [5, 5.41) is 0. The second-order valence-corrected chi connectivity index (χ2v) is 8.34. The predicted octanol–water partition coefficient (Wildman–Crippen LogP) is 2.85. The number of likely N-dealkylation sites (tertiary alicyclic amines) is 2. The summed E-state index contributed by atoms with van der Waals surface area (Å²) < 4.78 is 5.19. The first-order chi connectivity index (χ1) is 13.6. The number of amides is 2. The molecular weight excluding hydrogens is 352 g/mol. The Morgan fingerprint density at radius 3 is 1.93 bits per heavy atom. The maximum Gasteiger partial charge on any atom is 0.238 e. The van der Waals surface area contributed by atoms with Crippen LogP contribution in [0.2, 0.25) is 0 Å². The number of hydrogen-bond acceptors (Lipinski definition) is 4. The van der Waals surface area contributed by atoms with Crippen molar-refractivity contribution < 1.29 is 14.3 Å². The molecule has 0 aromatic heterocycles. The molecule has 2 amide bonds. The van der Waals surface area contributed by atoms with Gasteiger partial charge in [-0.25, -0.2) is 0 Å². The Balaban J connectivity index is 1.36. The Labute approximate surface area is 164 Å². The number of methoxy groups -OCH3 is 1. The minimum absolute atomic E-state index is 0.0233. The van der Waals surface area contributed by atoms with Crippen molar-refractivity contribution in [2.45, 2.75) is 25.9 Å². The third kappa shape index (κ3) is 2.29. The zero-order chi connectivity index (χ0) is 19.4. The summed E-state index contributed by atoms with van der Waals surface area (Å²) in [6.07, 6.45) is 1.64. The molecule has 2 aromatic rings. The molecule has 5 nitrogen and oxygen atoms in total. The minimum Gasteiger partial charge on any atom is -0.497 e. The molecule has 28 heavy (non-hydrogen) atoms. The number of hydrogen-bond donors (Lipinski definition) is 0. The van der Waals surface area contributed by atoms with Crippen molar-refractivity contribution >= 4 is 11.8 Å². The minimum atomic E-state index is -0.509. The van der Waals surface area contributed by atoms with Crippen LogP contribution in [0.3, 0.4) is 0 Å². The summed E-state index contributed by atoms with van der Waals surface area (Å²) in [5.74, 6) is 0.818. The quantitative estimate of drug-likeness (QED) is 0.753. The van der Waals surface area contributed by atoms with Crippen LogP contribution >= 0.6 is 0 Å². The van der Waals surface area contributed by atoms with E-state index >= 15 is 0 Å². The Kier molecular flexibility index (Phi) is 3.85. The van der Waals surface area contributed by atoms with Crippen LogP contribution in [-0.4, -0.2) is 41.8 Å². The second-order valence-electron chi connectivity index (χ2n) is 8.34. The van der Waals surface area contributed by atoms with Crippen molar-refractivity contribution in [3.8, 4) is 5.75 Å². The smallest absolute Gasteiger partial charge is 0.238 e. The molecule has 5 heteroatoms. The summed E-state index contributed by atoms with van der Waals surface area (Å²) in [6.45, 7) is 2.52. The highest BCUT2D eigenvalue weighted by atomic mass is 16.5. The molecule has 3 aliphatic rings. The van der Waals surface area contributed by atoms with E-state index < -0.39 is 10.8 Å². The van der Waals surface area contributed by atoms with Crippen molar-refractivity contribution in [2.24, 2.45) is 10.8 Å². The van der Waals surface area contributed by atoms with Crippen molar-refractivity contribution in [3.63, 3.8) is 0 Å². The van der Waals surface area contributed by atoms with Crippen molar-refractivity contribution in [1.29, 1.82) is 0 Å². The van der Waals surface area contributed by atoms with Gasteiger partial charge < -0.3 is 4.74 Å². The van der Waals surface area contributed by atoms with Crippen molar-refractivity contribution in [2.75, 3.05) is 20.2 Å². The molecule has 2 unspecified atom stereocenters. The molecule has 0 spiro atoms. The zero-order valence-electron chi connectivity index (χ0n) is 16.1. The van der Waals surface area contributed by atoms with E-state index in [4.69, 9.17) is 4.74 Å². The van der Waals surface area contributed by atoms with Crippen LogP contribution in [0.25, 0.3) is 0 Å². The lowest BCUT2D eigenvalue weighted by atomic mass is 9.52. The van der Waals surface area contributed by atoms with Crippen LogP contribution < -0.4 is 4.74 Å². The van der Waals surface area contributed by atoms with Crippen molar-refractivity contribution in [3.05, 3.63) is 65.7 Å². The molecular formula is C23H24N2O3. The normalized spacial score (nSPS) is 28.8. The number of rotatable bonds is 5. The average Bonchev–Trinajstić information content (AvgIpc) is 2.99. The maximum atomic E-state index is 13.4. The molecule has 2 aromatic carbocycles. The Bertz CT molecular complexity index is 895. The van der Waals surface area contributed by atoms with Gasteiger partial charge in [0.15, 0.2) is 0 Å². The summed E-state index contributed by atoms with van der Waals surface area (Å²) in [7, 11) is 1.63. The fourth-order valence-electron chi connectivity index (χ4n) is 5.39. The van der Waals surface area contributed by atoms with Gasteiger partial charge in [-0.05, 0) is 36.1 Å². The molecule has 2 atom stereocenters. The van der Waals surface area contributed by atoms with E-state index in [0.29, 0.717) is 19.6 Å². The number of benzene rings is 2. The Morgan fingerprint density at radius 2 is 1.39 bits per heavy atom. The maximum absolute atomic E-state index is 13.4. The van der Waals surface area contributed by atoms with E-state index in [9.17, 15) is 9.59 Å². The highest BCUT2D eigenvalue weighted by Crippen LogP contribution is 2.66. The fraction of sp³-hybridized carbons (Fsp3) is 0.391. The van der Waals surface area contributed by atoms with Gasteiger partial charge in [-0.3, -0.25) is 19.4 Å². The topological polar surface area (TPSA) is 49.9 Å². The van der Waals surface area contributed by atoms with E-state index in [-0.39, 0.29) is 11.8 Å². The van der Waals surface area contributed by atoms with Crippen LogP contribution in [-0.2, 0) is 22.7 Å². The molecule has 2 saturated heterocycles. The summed E-state index contributed by atoms with van der Waals surface area (Å²) in [4.78, 5) is 30.5. The van der Waals surface area contributed by atoms with Crippen molar-refractivity contribution in [1.82, 2.24) is 9.80 Å². The third-order valence-corrected chi connectivity index (χ3v) is 6.94. The first kappa shape index (κ1) is 17.4. The molecule has 144 valence electrons. The van der Waals surface area contributed by atoms with Crippen LogP contribution in [0, 0.1) is 10.8 Å². The predicted molar refractivity (Wildman–Crippen MR) is 104 cm³/mol. The molecule has 2 aliphatic heterocycles. The standard InChI is InChI=1S/C23H24N2O3/c1-28-19-9-7-18(8-10-19)14-25-20(26)22-11-12-23(22,21(25)27)16-24(15-22)13-17-5-3-2-4-6-17/h2-10H,11-16H2,1H3. The lowest BCUT2D eigenvalue weighted by molar-refractivity contribution is -0.142. The Hall–Kier alpha value is -2.66. The van der Waals surface area contributed by atoms with Gasteiger partial charge in [0.05, 0.1) is 24.5 Å². The lowest BCUT2D eigenvalue weighted by Gasteiger charge is -2.44. The fourth-order valence-corrected chi connectivity index (χ4v) is 5.39. The molecule has 0 bridgehead atoms. The first-order valence-electron chi connectivity index (χ1n) is 9.84. The zero-order valence-corrected chi connectivity index (χ0v) is 16.1. The third-order valence-electron chi connectivity index (χ3n) is 6.94. The number of nitrogens with zero attached hydrogens (tertiary/aromatic N) is 2. The number of imide groups is 1. The summed E-state index contributed by atoms with van der Waals surface area (Å²) in [5.41, 5.74) is 1.16. The van der Waals surface area contributed by atoms with Gasteiger partial charge in [0, 0.05) is 19.6 Å². The van der Waals surface area contributed by atoms with Crippen LogP contribution in [0.1, 0.15) is 24.0 Å². The van der Waals surface area contributed by atoms with Gasteiger partial charge in [0.1, 0.15) is 5.75 Å². The number of ether oxygens (including phenoxy) is 1. The van der Waals surface area contributed by atoms with Gasteiger partial charge in [0.2, 0.25) is 11.8 Å².